The van der Waals surface area contributed by atoms with Gasteiger partial charge in [0.25, 0.3) is 5.91 Å². The molecule has 0 fully saturated rings. The summed E-state index contributed by atoms with van der Waals surface area (Å²) in [5.41, 5.74) is 8.61. The zero-order chi connectivity index (χ0) is 18.5. The Morgan fingerprint density at radius 1 is 1.23 bits per heavy atom. The molecule has 0 saturated heterocycles. The maximum Gasteiger partial charge on any atom is 0.272 e. The number of hydrogen-bond acceptors (Lipinski definition) is 3. The number of carbonyl (C=O) groups excluding carboxylic acids is 1. The third-order valence-corrected chi connectivity index (χ3v) is 4.37. The molecule has 132 valence electrons. The highest BCUT2D eigenvalue weighted by molar-refractivity contribution is 5.94. The van der Waals surface area contributed by atoms with E-state index in [9.17, 15) is 4.79 Å². The number of amides is 1. The summed E-state index contributed by atoms with van der Waals surface area (Å²) >= 11 is 0. The molecule has 0 saturated carbocycles. The van der Waals surface area contributed by atoms with Gasteiger partial charge in [0, 0.05) is 35.0 Å². The van der Waals surface area contributed by atoms with Crippen molar-refractivity contribution in [2.75, 3.05) is 0 Å². The molecule has 0 aliphatic heterocycles. The molecule has 26 heavy (non-hydrogen) atoms. The number of benzene rings is 1. The molecule has 1 amide bonds. The topological polar surface area (TPSA) is 59.3 Å². The van der Waals surface area contributed by atoms with Crippen molar-refractivity contribution in [1.29, 1.82) is 0 Å². The first-order valence-electron chi connectivity index (χ1n) is 8.62. The van der Waals surface area contributed by atoms with Crippen molar-refractivity contribution in [3.05, 3.63) is 82.9 Å². The molecular weight excluding hydrogens is 324 g/mol. The van der Waals surface area contributed by atoms with Crippen LogP contribution in [-0.2, 0) is 6.42 Å². The standard InChI is InChI=1S/C21H22N4O/c1-4-17-7-9-20(10-8-17)25-15(2)12-19(16(25)3)14-23-24-21(26)18-6-5-11-22-13-18/h5-14H,4H2,1-3H3,(H,24,26)/b23-14+. The summed E-state index contributed by atoms with van der Waals surface area (Å²) in [5, 5.41) is 4.09. The smallest absolute Gasteiger partial charge is 0.272 e. The number of hydrogen-bond donors (Lipinski definition) is 1. The molecule has 3 aromatic rings. The van der Waals surface area contributed by atoms with Gasteiger partial charge in [0.1, 0.15) is 0 Å². The van der Waals surface area contributed by atoms with Crippen LogP contribution in [0.5, 0.6) is 0 Å². The third-order valence-electron chi connectivity index (χ3n) is 4.37. The van der Waals surface area contributed by atoms with Crippen LogP contribution in [0, 0.1) is 13.8 Å². The fourth-order valence-corrected chi connectivity index (χ4v) is 2.92. The van der Waals surface area contributed by atoms with Gasteiger partial charge in [-0.1, -0.05) is 19.1 Å². The lowest BCUT2D eigenvalue weighted by Gasteiger charge is -2.10. The lowest BCUT2D eigenvalue weighted by molar-refractivity contribution is 0.0955. The molecule has 5 heteroatoms. The Hall–Kier alpha value is -3.21. The van der Waals surface area contributed by atoms with Crippen molar-refractivity contribution in [3.63, 3.8) is 0 Å². The second kappa shape index (κ2) is 7.78. The second-order valence-corrected chi connectivity index (χ2v) is 6.12. The first-order valence-corrected chi connectivity index (χ1v) is 8.62. The molecule has 5 nitrogen and oxygen atoms in total. The van der Waals surface area contributed by atoms with Gasteiger partial charge in [0.2, 0.25) is 0 Å². The Labute approximate surface area is 153 Å². The average Bonchev–Trinajstić information content (AvgIpc) is 2.96. The molecule has 0 radical (unpaired) electrons. The summed E-state index contributed by atoms with van der Waals surface area (Å²) in [7, 11) is 0. The predicted octanol–water partition coefficient (Wildman–Crippen LogP) is 3.82. The SMILES string of the molecule is CCc1ccc(-n2c(C)cc(/C=N/NC(=O)c3cccnc3)c2C)cc1. The van der Waals surface area contributed by atoms with Crippen LogP contribution < -0.4 is 5.43 Å². The second-order valence-electron chi connectivity index (χ2n) is 6.12. The fourth-order valence-electron chi connectivity index (χ4n) is 2.92. The van der Waals surface area contributed by atoms with Crippen LogP contribution in [0.15, 0.2) is 60.0 Å². The van der Waals surface area contributed by atoms with E-state index in [4.69, 9.17) is 0 Å². The van der Waals surface area contributed by atoms with Crippen molar-refractivity contribution >= 4 is 12.1 Å². The monoisotopic (exact) mass is 346 g/mol. The fraction of sp³-hybridized carbons (Fsp3) is 0.190. The van der Waals surface area contributed by atoms with Gasteiger partial charge in [-0.3, -0.25) is 9.78 Å². The maximum absolute atomic E-state index is 12.0. The summed E-state index contributed by atoms with van der Waals surface area (Å²) in [6.07, 6.45) is 5.84. The molecule has 0 aliphatic carbocycles. The molecule has 0 unspecified atom stereocenters. The largest absolute Gasteiger partial charge is 0.318 e. The Kier molecular flexibility index (Phi) is 5.27. The lowest BCUT2D eigenvalue weighted by Crippen LogP contribution is -2.17. The summed E-state index contributed by atoms with van der Waals surface area (Å²) in [4.78, 5) is 15.9. The Morgan fingerprint density at radius 2 is 2.00 bits per heavy atom. The molecule has 2 aromatic heterocycles. The van der Waals surface area contributed by atoms with Gasteiger partial charge in [-0.15, -0.1) is 0 Å². The minimum atomic E-state index is -0.279. The van der Waals surface area contributed by atoms with Crippen LogP contribution >= 0.6 is 0 Å². The van der Waals surface area contributed by atoms with Crippen LogP contribution in [0.25, 0.3) is 5.69 Å². The lowest BCUT2D eigenvalue weighted by atomic mass is 10.1. The molecular formula is C21H22N4O. The van der Waals surface area contributed by atoms with E-state index in [-0.39, 0.29) is 5.91 Å². The van der Waals surface area contributed by atoms with E-state index in [2.05, 4.69) is 64.3 Å². The van der Waals surface area contributed by atoms with Gasteiger partial charge in [0.15, 0.2) is 0 Å². The van der Waals surface area contributed by atoms with Crippen LogP contribution in [-0.4, -0.2) is 21.7 Å². The quantitative estimate of drug-likeness (QED) is 0.564. The summed E-state index contributed by atoms with van der Waals surface area (Å²) < 4.78 is 2.18. The van der Waals surface area contributed by atoms with Crippen LogP contribution in [0.3, 0.4) is 0 Å². The number of aromatic nitrogens is 2. The van der Waals surface area contributed by atoms with Crippen LogP contribution in [0.1, 0.15) is 39.8 Å². The number of pyridine rings is 1. The van der Waals surface area contributed by atoms with Crippen molar-refractivity contribution in [3.8, 4) is 5.69 Å². The van der Waals surface area contributed by atoms with Crippen LogP contribution in [0.2, 0.25) is 0 Å². The zero-order valence-corrected chi connectivity index (χ0v) is 15.2. The van der Waals surface area contributed by atoms with Crippen LogP contribution in [0.4, 0.5) is 0 Å². The van der Waals surface area contributed by atoms with Gasteiger partial charge in [-0.05, 0) is 56.2 Å². The summed E-state index contributed by atoms with van der Waals surface area (Å²) in [6, 6.07) is 14.0. The van der Waals surface area contributed by atoms with Crippen molar-refractivity contribution < 1.29 is 4.79 Å². The first kappa shape index (κ1) is 17.6. The highest BCUT2D eigenvalue weighted by atomic mass is 16.2. The predicted molar refractivity (Wildman–Crippen MR) is 104 cm³/mol. The molecule has 0 bridgehead atoms. The molecule has 0 spiro atoms. The molecule has 0 atom stereocenters. The van der Waals surface area contributed by atoms with E-state index in [0.29, 0.717) is 5.56 Å². The number of hydrazone groups is 1. The minimum absolute atomic E-state index is 0.279. The maximum atomic E-state index is 12.0. The minimum Gasteiger partial charge on any atom is -0.318 e. The van der Waals surface area contributed by atoms with Gasteiger partial charge in [-0.2, -0.15) is 5.10 Å². The molecule has 1 aromatic carbocycles. The normalized spacial score (nSPS) is 11.0. The molecule has 3 rings (SSSR count). The first-order chi connectivity index (χ1) is 12.6. The highest BCUT2D eigenvalue weighted by Gasteiger charge is 2.10. The van der Waals surface area contributed by atoms with E-state index in [0.717, 1.165) is 29.1 Å². The van der Waals surface area contributed by atoms with E-state index in [1.807, 2.05) is 6.92 Å². The van der Waals surface area contributed by atoms with E-state index in [1.54, 1.807) is 24.5 Å². The van der Waals surface area contributed by atoms with Gasteiger partial charge >= 0.3 is 0 Å². The zero-order valence-electron chi connectivity index (χ0n) is 15.2. The number of carbonyl (C=O) groups is 1. The molecule has 0 aliphatic rings. The van der Waals surface area contributed by atoms with E-state index in [1.165, 1.54) is 11.8 Å². The molecule has 2 heterocycles. The van der Waals surface area contributed by atoms with Crippen molar-refractivity contribution in [1.82, 2.24) is 15.0 Å². The number of aryl methyl sites for hydroxylation is 2. The summed E-state index contributed by atoms with van der Waals surface area (Å²) in [5.74, 6) is -0.279. The molecule has 1 N–H and O–H groups in total. The third kappa shape index (κ3) is 3.72. The highest BCUT2D eigenvalue weighted by Crippen LogP contribution is 2.20. The Balaban J connectivity index is 1.78. The number of nitrogens with one attached hydrogen (secondary N) is 1. The Bertz CT molecular complexity index is 925. The van der Waals surface area contributed by atoms with Crippen molar-refractivity contribution in [2.45, 2.75) is 27.2 Å². The van der Waals surface area contributed by atoms with Gasteiger partial charge in [-0.25, -0.2) is 5.43 Å². The van der Waals surface area contributed by atoms with Gasteiger partial charge < -0.3 is 4.57 Å². The van der Waals surface area contributed by atoms with Gasteiger partial charge in [0.05, 0.1) is 11.8 Å². The average molecular weight is 346 g/mol. The Morgan fingerprint density at radius 3 is 2.65 bits per heavy atom. The number of rotatable bonds is 5. The van der Waals surface area contributed by atoms with E-state index < -0.39 is 0 Å². The van der Waals surface area contributed by atoms with E-state index >= 15 is 0 Å². The number of nitrogens with zero attached hydrogens (tertiary/aromatic N) is 3. The van der Waals surface area contributed by atoms with Crippen molar-refractivity contribution in [2.24, 2.45) is 5.10 Å². The summed E-state index contributed by atoms with van der Waals surface area (Å²) in [6.45, 7) is 6.26.